The van der Waals surface area contributed by atoms with Gasteiger partial charge >= 0.3 is 0 Å². The van der Waals surface area contributed by atoms with E-state index in [2.05, 4.69) is 21.2 Å². The van der Waals surface area contributed by atoms with Gasteiger partial charge in [0.2, 0.25) is 5.91 Å². The molecule has 0 radical (unpaired) electrons. The van der Waals surface area contributed by atoms with Crippen molar-refractivity contribution in [1.29, 1.82) is 0 Å². The van der Waals surface area contributed by atoms with E-state index in [0.717, 1.165) is 21.3 Å². The van der Waals surface area contributed by atoms with Crippen molar-refractivity contribution in [3.8, 4) is 0 Å². The molecule has 3 nitrogen and oxygen atoms in total. The molecule has 0 aliphatic rings. The molecular weight excluding hydrogens is 316 g/mol. The first-order valence-corrected chi connectivity index (χ1v) is 7.22. The predicted molar refractivity (Wildman–Crippen MR) is 85.6 cm³/mol. The lowest BCUT2D eigenvalue weighted by molar-refractivity contribution is -0.117. The molecule has 0 aliphatic heterocycles. The molecule has 4 heteroatoms. The van der Waals surface area contributed by atoms with E-state index >= 15 is 0 Å². The van der Waals surface area contributed by atoms with Gasteiger partial charge in [-0.3, -0.25) is 4.79 Å². The largest absolute Gasteiger partial charge is 0.325 e. The van der Waals surface area contributed by atoms with E-state index < -0.39 is 6.04 Å². The van der Waals surface area contributed by atoms with Crippen molar-refractivity contribution in [3.63, 3.8) is 0 Å². The maximum atomic E-state index is 12.1. The highest BCUT2D eigenvalue weighted by molar-refractivity contribution is 9.10. The van der Waals surface area contributed by atoms with Gasteiger partial charge in [0.15, 0.2) is 0 Å². The van der Waals surface area contributed by atoms with Gasteiger partial charge < -0.3 is 11.1 Å². The standard InChI is InChI=1S/C16H17BrN2O/c1-11-7-8-13(10-14(11)17)19-16(20)15(18)9-12-5-3-2-4-6-12/h2-8,10,15H,9,18H2,1H3,(H,19,20)/t15-/m0/s1. The van der Waals surface area contributed by atoms with Crippen LogP contribution in [0.4, 0.5) is 5.69 Å². The third kappa shape index (κ3) is 3.92. The van der Waals surface area contributed by atoms with Crippen LogP contribution in [0.15, 0.2) is 53.0 Å². The average molecular weight is 333 g/mol. The molecule has 0 saturated heterocycles. The lowest BCUT2D eigenvalue weighted by atomic mass is 10.1. The molecule has 2 aromatic rings. The number of carbonyl (C=O) groups is 1. The minimum atomic E-state index is -0.558. The first-order chi connectivity index (χ1) is 9.56. The van der Waals surface area contributed by atoms with Gasteiger partial charge in [0, 0.05) is 10.2 Å². The Morgan fingerprint density at radius 2 is 1.95 bits per heavy atom. The fourth-order valence-corrected chi connectivity index (χ4v) is 2.25. The first kappa shape index (κ1) is 14.8. The highest BCUT2D eigenvalue weighted by Crippen LogP contribution is 2.20. The molecule has 2 aromatic carbocycles. The number of carbonyl (C=O) groups excluding carboxylic acids is 1. The number of hydrogen-bond donors (Lipinski definition) is 2. The van der Waals surface area contributed by atoms with E-state index in [1.165, 1.54) is 0 Å². The number of nitrogens with two attached hydrogens (primary N) is 1. The Morgan fingerprint density at radius 1 is 1.25 bits per heavy atom. The molecule has 2 rings (SSSR count). The monoisotopic (exact) mass is 332 g/mol. The molecule has 0 fully saturated rings. The summed E-state index contributed by atoms with van der Waals surface area (Å²) in [5.41, 5.74) is 8.87. The third-order valence-corrected chi connectivity index (χ3v) is 3.93. The maximum Gasteiger partial charge on any atom is 0.241 e. The van der Waals surface area contributed by atoms with Gasteiger partial charge in [-0.2, -0.15) is 0 Å². The Balaban J connectivity index is 1.99. The molecule has 0 unspecified atom stereocenters. The van der Waals surface area contributed by atoms with Crippen LogP contribution in [0.3, 0.4) is 0 Å². The summed E-state index contributed by atoms with van der Waals surface area (Å²) in [5, 5.41) is 2.84. The average Bonchev–Trinajstić information content (AvgIpc) is 2.44. The van der Waals surface area contributed by atoms with Gasteiger partial charge in [-0.1, -0.05) is 52.3 Å². The molecule has 1 amide bonds. The molecule has 0 aromatic heterocycles. The minimum absolute atomic E-state index is 0.176. The minimum Gasteiger partial charge on any atom is -0.325 e. The van der Waals surface area contributed by atoms with Crippen LogP contribution in [0.5, 0.6) is 0 Å². The molecule has 1 atom stereocenters. The summed E-state index contributed by atoms with van der Waals surface area (Å²) in [4.78, 5) is 12.1. The SMILES string of the molecule is Cc1ccc(NC(=O)[C@@H](N)Cc2ccccc2)cc1Br. The number of aryl methyl sites for hydroxylation is 1. The lowest BCUT2D eigenvalue weighted by Gasteiger charge is -2.13. The van der Waals surface area contributed by atoms with Gasteiger partial charge in [-0.15, -0.1) is 0 Å². The van der Waals surface area contributed by atoms with Gasteiger partial charge in [-0.05, 0) is 36.6 Å². The van der Waals surface area contributed by atoms with Crippen LogP contribution in [0, 0.1) is 6.92 Å². The topological polar surface area (TPSA) is 55.1 Å². The smallest absolute Gasteiger partial charge is 0.241 e. The van der Waals surface area contributed by atoms with E-state index in [9.17, 15) is 4.79 Å². The van der Waals surface area contributed by atoms with Gasteiger partial charge in [0.25, 0.3) is 0 Å². The Hall–Kier alpha value is -1.65. The summed E-state index contributed by atoms with van der Waals surface area (Å²) in [6, 6.07) is 14.9. The summed E-state index contributed by atoms with van der Waals surface area (Å²) in [5.74, 6) is -0.176. The fourth-order valence-electron chi connectivity index (χ4n) is 1.87. The molecule has 0 aliphatic carbocycles. The lowest BCUT2D eigenvalue weighted by Crippen LogP contribution is -2.37. The van der Waals surface area contributed by atoms with E-state index in [1.54, 1.807) is 0 Å². The molecule has 0 bridgehead atoms. The predicted octanol–water partition coefficient (Wildman–Crippen LogP) is 3.27. The molecule has 20 heavy (non-hydrogen) atoms. The van der Waals surface area contributed by atoms with Crippen LogP contribution in [0.1, 0.15) is 11.1 Å². The van der Waals surface area contributed by atoms with Crippen molar-refractivity contribution >= 4 is 27.5 Å². The highest BCUT2D eigenvalue weighted by atomic mass is 79.9. The van der Waals surface area contributed by atoms with Gasteiger partial charge in [0.05, 0.1) is 6.04 Å². The van der Waals surface area contributed by atoms with Crippen molar-refractivity contribution in [1.82, 2.24) is 0 Å². The second kappa shape index (κ2) is 6.68. The summed E-state index contributed by atoms with van der Waals surface area (Å²) in [6.45, 7) is 2.00. The zero-order valence-electron chi connectivity index (χ0n) is 11.3. The summed E-state index contributed by atoms with van der Waals surface area (Å²) in [7, 11) is 0. The molecular formula is C16H17BrN2O. The van der Waals surface area contributed by atoms with Gasteiger partial charge in [0.1, 0.15) is 0 Å². The number of amides is 1. The Morgan fingerprint density at radius 3 is 2.60 bits per heavy atom. The normalized spacial score (nSPS) is 11.9. The number of hydrogen-bond acceptors (Lipinski definition) is 2. The quantitative estimate of drug-likeness (QED) is 0.902. The van der Waals surface area contributed by atoms with Gasteiger partial charge in [-0.25, -0.2) is 0 Å². The van der Waals surface area contributed by atoms with Crippen molar-refractivity contribution in [2.45, 2.75) is 19.4 Å². The second-order valence-electron chi connectivity index (χ2n) is 4.75. The Kier molecular flexibility index (Phi) is 4.93. The van der Waals surface area contributed by atoms with Crippen molar-refractivity contribution in [2.24, 2.45) is 5.73 Å². The summed E-state index contributed by atoms with van der Waals surface area (Å²) < 4.78 is 0.965. The number of rotatable bonds is 4. The number of anilines is 1. The summed E-state index contributed by atoms with van der Waals surface area (Å²) in [6.07, 6.45) is 0.527. The van der Waals surface area contributed by atoms with Crippen LogP contribution in [0.25, 0.3) is 0 Å². The summed E-state index contributed by atoms with van der Waals surface area (Å²) >= 11 is 3.44. The number of nitrogens with one attached hydrogen (secondary N) is 1. The van der Waals surface area contributed by atoms with E-state index in [-0.39, 0.29) is 5.91 Å². The van der Waals surface area contributed by atoms with Crippen molar-refractivity contribution in [2.75, 3.05) is 5.32 Å². The van der Waals surface area contributed by atoms with Crippen LogP contribution < -0.4 is 11.1 Å². The fraction of sp³-hybridized carbons (Fsp3) is 0.188. The number of benzene rings is 2. The highest BCUT2D eigenvalue weighted by Gasteiger charge is 2.14. The number of halogens is 1. The molecule has 0 saturated carbocycles. The molecule has 3 N–H and O–H groups in total. The zero-order valence-corrected chi connectivity index (χ0v) is 12.9. The zero-order chi connectivity index (χ0) is 14.5. The molecule has 0 heterocycles. The van der Waals surface area contributed by atoms with Crippen LogP contribution in [-0.2, 0) is 11.2 Å². The van der Waals surface area contributed by atoms with E-state index in [0.29, 0.717) is 6.42 Å². The van der Waals surface area contributed by atoms with E-state index in [4.69, 9.17) is 5.73 Å². The van der Waals surface area contributed by atoms with Crippen molar-refractivity contribution < 1.29 is 4.79 Å². The Labute approximate surface area is 127 Å². The van der Waals surface area contributed by atoms with Crippen molar-refractivity contribution in [3.05, 3.63) is 64.1 Å². The first-order valence-electron chi connectivity index (χ1n) is 6.43. The van der Waals surface area contributed by atoms with E-state index in [1.807, 2.05) is 55.5 Å². The third-order valence-electron chi connectivity index (χ3n) is 3.07. The second-order valence-corrected chi connectivity index (χ2v) is 5.60. The van der Waals surface area contributed by atoms with Crippen LogP contribution in [0.2, 0.25) is 0 Å². The molecule has 0 spiro atoms. The molecule has 104 valence electrons. The Bertz CT molecular complexity index is 599. The van der Waals surface area contributed by atoms with Crippen LogP contribution in [-0.4, -0.2) is 11.9 Å². The van der Waals surface area contributed by atoms with Crippen LogP contribution >= 0.6 is 15.9 Å². The maximum absolute atomic E-state index is 12.1.